The van der Waals surface area contributed by atoms with Crippen molar-refractivity contribution in [1.82, 2.24) is 10.2 Å². The van der Waals surface area contributed by atoms with Crippen LogP contribution in [-0.4, -0.2) is 61.7 Å². The highest BCUT2D eigenvalue weighted by Crippen LogP contribution is 2.07. The Kier molecular flexibility index (Phi) is 6.05. The molecule has 5 heteroatoms. The molecule has 0 aromatic carbocycles. The Morgan fingerprint density at radius 1 is 1.53 bits per heavy atom. The summed E-state index contributed by atoms with van der Waals surface area (Å²) in [7, 11) is 1.42. The third-order valence-electron chi connectivity index (χ3n) is 2.54. The van der Waals surface area contributed by atoms with Crippen molar-refractivity contribution in [1.29, 1.82) is 0 Å². The van der Waals surface area contributed by atoms with Crippen LogP contribution in [0.1, 0.15) is 6.92 Å². The second kappa shape index (κ2) is 7.09. The van der Waals surface area contributed by atoms with Crippen molar-refractivity contribution in [2.45, 2.75) is 13.0 Å². The van der Waals surface area contributed by atoms with Gasteiger partial charge in [-0.05, 0) is 6.92 Å². The van der Waals surface area contributed by atoms with Gasteiger partial charge in [-0.2, -0.15) is 11.8 Å². The van der Waals surface area contributed by atoms with E-state index < -0.39 is 0 Å². The lowest BCUT2D eigenvalue weighted by atomic mass is 10.3. The zero-order valence-corrected chi connectivity index (χ0v) is 10.3. The number of esters is 1. The fourth-order valence-corrected chi connectivity index (χ4v) is 2.50. The summed E-state index contributed by atoms with van der Waals surface area (Å²) in [5.41, 5.74) is 0. The van der Waals surface area contributed by atoms with Gasteiger partial charge in [0.25, 0.3) is 0 Å². The monoisotopic (exact) mass is 232 g/mol. The van der Waals surface area contributed by atoms with Crippen molar-refractivity contribution < 1.29 is 9.53 Å². The van der Waals surface area contributed by atoms with Crippen LogP contribution in [0.5, 0.6) is 0 Å². The maximum Gasteiger partial charge on any atom is 0.322 e. The molecular formula is C10H20N2O2S. The van der Waals surface area contributed by atoms with Crippen LogP contribution in [-0.2, 0) is 9.53 Å². The fourth-order valence-electron chi connectivity index (χ4n) is 1.52. The van der Waals surface area contributed by atoms with Crippen molar-refractivity contribution in [2.24, 2.45) is 0 Å². The highest BCUT2D eigenvalue weighted by Gasteiger charge is 2.13. The number of rotatable bonds is 5. The van der Waals surface area contributed by atoms with Crippen molar-refractivity contribution in [2.75, 3.05) is 44.8 Å². The first kappa shape index (κ1) is 12.8. The van der Waals surface area contributed by atoms with Crippen LogP contribution in [0.3, 0.4) is 0 Å². The van der Waals surface area contributed by atoms with Gasteiger partial charge in [-0.1, -0.05) is 0 Å². The van der Waals surface area contributed by atoms with Crippen LogP contribution in [0.4, 0.5) is 0 Å². The Hall–Kier alpha value is -0.260. The van der Waals surface area contributed by atoms with Crippen LogP contribution in [0.25, 0.3) is 0 Å². The molecule has 1 aliphatic rings. The summed E-state index contributed by atoms with van der Waals surface area (Å²) in [6.07, 6.45) is 0. The number of ether oxygens (including phenoxy) is 1. The molecule has 1 unspecified atom stereocenters. The van der Waals surface area contributed by atoms with Crippen molar-refractivity contribution in [3.63, 3.8) is 0 Å². The second-order valence-electron chi connectivity index (χ2n) is 3.65. The van der Waals surface area contributed by atoms with Crippen LogP contribution in [0.2, 0.25) is 0 Å². The molecule has 0 aromatic heterocycles. The summed E-state index contributed by atoms with van der Waals surface area (Å²) in [5.74, 6) is 2.27. The molecule has 1 aliphatic heterocycles. The molecule has 1 atom stereocenters. The van der Waals surface area contributed by atoms with E-state index in [1.165, 1.54) is 31.7 Å². The van der Waals surface area contributed by atoms with E-state index in [1.54, 1.807) is 0 Å². The van der Waals surface area contributed by atoms with Gasteiger partial charge in [-0.25, -0.2) is 0 Å². The van der Waals surface area contributed by atoms with Crippen molar-refractivity contribution in [3.05, 3.63) is 0 Å². The Bertz CT molecular complexity index is 196. The maximum absolute atomic E-state index is 11.1. The first-order chi connectivity index (χ1) is 7.24. The minimum absolute atomic E-state index is 0.191. The van der Waals surface area contributed by atoms with Crippen LogP contribution in [0.15, 0.2) is 0 Å². The summed E-state index contributed by atoms with van der Waals surface area (Å²) in [5, 5.41) is 3.16. The maximum atomic E-state index is 11.1. The summed E-state index contributed by atoms with van der Waals surface area (Å²) < 4.78 is 4.64. The highest BCUT2D eigenvalue weighted by atomic mass is 32.2. The molecule has 4 nitrogen and oxygen atoms in total. The van der Waals surface area contributed by atoms with Gasteiger partial charge in [0, 0.05) is 37.7 Å². The Balaban J connectivity index is 2.07. The number of carbonyl (C=O) groups excluding carboxylic acids is 1. The lowest BCUT2D eigenvalue weighted by molar-refractivity contribution is -0.142. The molecule has 0 spiro atoms. The summed E-state index contributed by atoms with van der Waals surface area (Å²) in [6.45, 7) is 6.03. The minimum atomic E-state index is -0.200. The molecule has 0 radical (unpaired) electrons. The van der Waals surface area contributed by atoms with Crippen molar-refractivity contribution >= 4 is 17.7 Å². The van der Waals surface area contributed by atoms with Gasteiger partial charge in [0.1, 0.15) is 6.04 Å². The number of methoxy groups -OCH3 is 1. The predicted octanol–water partition coefficient (Wildman–Crippen LogP) is 0.186. The van der Waals surface area contributed by atoms with Crippen LogP contribution >= 0.6 is 11.8 Å². The van der Waals surface area contributed by atoms with E-state index in [9.17, 15) is 4.79 Å². The average molecular weight is 232 g/mol. The fraction of sp³-hybridized carbons (Fsp3) is 0.900. The molecular weight excluding hydrogens is 212 g/mol. The molecule has 1 rings (SSSR count). The third kappa shape index (κ3) is 4.86. The number of carbonyl (C=O) groups is 1. The van der Waals surface area contributed by atoms with E-state index in [2.05, 4.69) is 15.0 Å². The Morgan fingerprint density at radius 2 is 2.20 bits per heavy atom. The van der Waals surface area contributed by atoms with Gasteiger partial charge in [-0.3, -0.25) is 4.79 Å². The Labute approximate surface area is 95.7 Å². The lowest BCUT2D eigenvalue weighted by Gasteiger charge is -2.26. The van der Waals surface area contributed by atoms with E-state index in [0.29, 0.717) is 0 Å². The van der Waals surface area contributed by atoms with Gasteiger partial charge in [0.05, 0.1) is 7.11 Å². The summed E-state index contributed by atoms with van der Waals surface area (Å²) in [4.78, 5) is 13.5. The van der Waals surface area contributed by atoms with Gasteiger partial charge in [0.15, 0.2) is 0 Å². The van der Waals surface area contributed by atoms with E-state index >= 15 is 0 Å². The molecule has 0 aliphatic carbocycles. The molecule has 0 bridgehead atoms. The number of nitrogens with zero attached hydrogens (tertiary/aromatic N) is 1. The van der Waals surface area contributed by atoms with Gasteiger partial charge >= 0.3 is 5.97 Å². The third-order valence-corrected chi connectivity index (χ3v) is 3.48. The average Bonchev–Trinajstić information content (AvgIpc) is 2.29. The normalized spacial score (nSPS) is 19.9. The molecule has 0 amide bonds. The quantitative estimate of drug-likeness (QED) is 0.685. The standard InChI is InChI=1S/C10H20N2O2S/c1-9(10(13)14-2)11-3-4-12-5-7-15-8-6-12/h9,11H,3-8H2,1-2H3. The topological polar surface area (TPSA) is 41.6 Å². The molecule has 88 valence electrons. The zero-order valence-electron chi connectivity index (χ0n) is 9.49. The predicted molar refractivity (Wildman–Crippen MR) is 63.2 cm³/mol. The van der Waals surface area contributed by atoms with Crippen LogP contribution in [0, 0.1) is 0 Å². The Morgan fingerprint density at radius 3 is 2.80 bits per heavy atom. The van der Waals surface area contributed by atoms with Gasteiger partial charge in [0.2, 0.25) is 0 Å². The van der Waals surface area contributed by atoms with E-state index in [1.807, 2.05) is 18.7 Å². The van der Waals surface area contributed by atoms with Crippen molar-refractivity contribution in [3.8, 4) is 0 Å². The highest BCUT2D eigenvalue weighted by molar-refractivity contribution is 7.99. The molecule has 1 N–H and O–H groups in total. The molecule has 1 heterocycles. The molecule has 0 aromatic rings. The summed E-state index contributed by atoms with van der Waals surface area (Å²) >= 11 is 2.01. The van der Waals surface area contributed by atoms with E-state index in [4.69, 9.17) is 0 Å². The molecule has 15 heavy (non-hydrogen) atoms. The molecule has 0 saturated carbocycles. The SMILES string of the molecule is COC(=O)C(C)NCCN1CCSCC1. The minimum Gasteiger partial charge on any atom is -0.468 e. The number of nitrogens with one attached hydrogen (secondary N) is 1. The molecule has 1 fully saturated rings. The summed E-state index contributed by atoms with van der Waals surface area (Å²) in [6, 6.07) is -0.200. The first-order valence-corrected chi connectivity index (χ1v) is 6.51. The van der Waals surface area contributed by atoms with Gasteiger partial charge in [-0.15, -0.1) is 0 Å². The number of hydrogen-bond acceptors (Lipinski definition) is 5. The molecule has 1 saturated heterocycles. The van der Waals surface area contributed by atoms with E-state index in [-0.39, 0.29) is 12.0 Å². The smallest absolute Gasteiger partial charge is 0.322 e. The number of thioether (sulfide) groups is 1. The first-order valence-electron chi connectivity index (χ1n) is 5.35. The number of hydrogen-bond donors (Lipinski definition) is 1. The van der Waals surface area contributed by atoms with E-state index in [0.717, 1.165) is 13.1 Å². The van der Waals surface area contributed by atoms with Crippen LogP contribution < -0.4 is 5.32 Å². The second-order valence-corrected chi connectivity index (χ2v) is 4.88. The largest absolute Gasteiger partial charge is 0.468 e. The zero-order chi connectivity index (χ0) is 11.1. The lowest BCUT2D eigenvalue weighted by Crippen LogP contribution is -2.42. The van der Waals surface area contributed by atoms with Gasteiger partial charge < -0.3 is 15.0 Å².